The second-order valence-corrected chi connectivity index (χ2v) is 7.34. The molecule has 2 aliphatic heterocycles. The Bertz CT molecular complexity index is 956. The Labute approximate surface area is 174 Å². The zero-order valence-electron chi connectivity index (χ0n) is 16.8. The number of carbonyl (C=O) groups is 2. The molecule has 1 amide bonds. The van der Waals surface area contributed by atoms with E-state index in [1.54, 1.807) is 12.1 Å². The third-order valence-corrected chi connectivity index (χ3v) is 4.85. The molecular weight excluding hydrogens is 390 g/mol. The summed E-state index contributed by atoms with van der Waals surface area (Å²) in [6, 6.07) is 10.1. The monoisotopic (exact) mass is 413 g/mol. The lowest BCUT2D eigenvalue weighted by Gasteiger charge is -2.25. The quantitative estimate of drug-likeness (QED) is 0.728. The lowest BCUT2D eigenvalue weighted by Crippen LogP contribution is -2.35. The number of hydrogen-bond donors (Lipinski definition) is 1. The third kappa shape index (κ3) is 4.27. The number of esters is 1. The molecule has 0 saturated heterocycles. The van der Waals surface area contributed by atoms with Gasteiger partial charge in [0.1, 0.15) is 13.2 Å². The SMILES string of the molecule is CC(C)[C@H](NC(=O)COC(=O)c1ccc2c(c1)OCO2)c1ccc2c(c1)OCCO2. The molecule has 0 spiro atoms. The number of fused-ring (bicyclic) bond motifs is 2. The fourth-order valence-electron chi connectivity index (χ4n) is 3.34. The molecule has 2 heterocycles. The number of ether oxygens (including phenoxy) is 5. The van der Waals surface area contributed by atoms with E-state index in [0.717, 1.165) is 5.56 Å². The number of amides is 1. The average Bonchev–Trinajstić information content (AvgIpc) is 3.23. The van der Waals surface area contributed by atoms with Crippen LogP contribution in [0, 0.1) is 5.92 Å². The van der Waals surface area contributed by atoms with Crippen LogP contribution in [0.3, 0.4) is 0 Å². The van der Waals surface area contributed by atoms with Crippen molar-refractivity contribution in [1.82, 2.24) is 5.32 Å². The molecule has 2 aromatic rings. The van der Waals surface area contributed by atoms with Gasteiger partial charge >= 0.3 is 5.97 Å². The fraction of sp³-hybridized carbons (Fsp3) is 0.364. The minimum absolute atomic E-state index is 0.112. The molecule has 4 rings (SSSR count). The standard InChI is InChI=1S/C22H23NO7/c1-13(2)21(14-3-5-16-18(9-14)27-8-7-26-16)23-20(24)11-28-22(25)15-4-6-17-19(10-15)30-12-29-17/h3-6,9-10,13,21H,7-8,11-12H2,1-2H3,(H,23,24)/t21-/m0/s1. The molecule has 0 radical (unpaired) electrons. The normalized spacial score (nSPS) is 14.9. The van der Waals surface area contributed by atoms with Gasteiger partial charge in [-0.3, -0.25) is 4.79 Å². The van der Waals surface area contributed by atoms with Crippen molar-refractivity contribution in [3.05, 3.63) is 47.5 Å². The predicted molar refractivity (Wildman–Crippen MR) is 106 cm³/mol. The highest BCUT2D eigenvalue weighted by atomic mass is 16.7. The summed E-state index contributed by atoms with van der Waals surface area (Å²) in [5.74, 6) is 1.52. The van der Waals surface area contributed by atoms with Crippen molar-refractivity contribution >= 4 is 11.9 Å². The summed E-state index contributed by atoms with van der Waals surface area (Å²) in [6.45, 7) is 4.74. The number of hydrogen-bond acceptors (Lipinski definition) is 7. The van der Waals surface area contributed by atoms with Crippen LogP contribution >= 0.6 is 0 Å². The van der Waals surface area contributed by atoms with Crippen LogP contribution in [0.4, 0.5) is 0 Å². The smallest absolute Gasteiger partial charge is 0.338 e. The van der Waals surface area contributed by atoms with Crippen LogP contribution in [0.1, 0.15) is 35.8 Å². The van der Waals surface area contributed by atoms with E-state index in [-0.39, 0.29) is 25.4 Å². The van der Waals surface area contributed by atoms with Crippen LogP contribution in [0.15, 0.2) is 36.4 Å². The van der Waals surface area contributed by atoms with E-state index >= 15 is 0 Å². The van der Waals surface area contributed by atoms with Gasteiger partial charge in [0.15, 0.2) is 29.6 Å². The van der Waals surface area contributed by atoms with E-state index in [9.17, 15) is 9.59 Å². The maximum Gasteiger partial charge on any atom is 0.338 e. The molecule has 8 heteroatoms. The molecule has 8 nitrogen and oxygen atoms in total. The Morgan fingerprint density at radius 2 is 1.60 bits per heavy atom. The van der Waals surface area contributed by atoms with Crippen molar-refractivity contribution in [3.8, 4) is 23.0 Å². The van der Waals surface area contributed by atoms with E-state index < -0.39 is 11.9 Å². The molecule has 0 aliphatic carbocycles. The van der Waals surface area contributed by atoms with E-state index in [2.05, 4.69) is 5.32 Å². The summed E-state index contributed by atoms with van der Waals surface area (Å²) in [5, 5.41) is 2.93. The van der Waals surface area contributed by atoms with Gasteiger partial charge < -0.3 is 29.0 Å². The van der Waals surface area contributed by atoms with Crippen molar-refractivity contribution in [1.29, 1.82) is 0 Å². The van der Waals surface area contributed by atoms with Crippen LogP contribution in [0.25, 0.3) is 0 Å². The van der Waals surface area contributed by atoms with Gasteiger partial charge in [-0.1, -0.05) is 19.9 Å². The minimum atomic E-state index is -0.608. The van der Waals surface area contributed by atoms with E-state index in [1.165, 1.54) is 6.07 Å². The zero-order chi connectivity index (χ0) is 21.1. The summed E-state index contributed by atoms with van der Waals surface area (Å²) < 4.78 is 26.8. The topological polar surface area (TPSA) is 92.3 Å². The average molecular weight is 413 g/mol. The maximum absolute atomic E-state index is 12.5. The largest absolute Gasteiger partial charge is 0.486 e. The molecule has 0 bridgehead atoms. The van der Waals surface area contributed by atoms with Gasteiger partial charge in [0.05, 0.1) is 11.6 Å². The number of carbonyl (C=O) groups excluding carboxylic acids is 2. The van der Waals surface area contributed by atoms with Gasteiger partial charge in [-0.2, -0.15) is 0 Å². The molecule has 0 fully saturated rings. The fourth-order valence-corrected chi connectivity index (χ4v) is 3.34. The highest BCUT2D eigenvalue weighted by Crippen LogP contribution is 2.34. The molecule has 0 aromatic heterocycles. The van der Waals surface area contributed by atoms with Gasteiger partial charge in [0.2, 0.25) is 6.79 Å². The minimum Gasteiger partial charge on any atom is -0.486 e. The second-order valence-electron chi connectivity index (χ2n) is 7.34. The highest BCUT2D eigenvalue weighted by Gasteiger charge is 2.23. The van der Waals surface area contributed by atoms with Crippen molar-refractivity contribution in [2.45, 2.75) is 19.9 Å². The second kappa shape index (κ2) is 8.52. The first-order valence-electron chi connectivity index (χ1n) is 9.77. The first kappa shape index (κ1) is 19.9. The molecule has 30 heavy (non-hydrogen) atoms. The van der Waals surface area contributed by atoms with Crippen LogP contribution in [-0.4, -0.2) is 38.5 Å². The summed E-state index contributed by atoms with van der Waals surface area (Å²) in [6.07, 6.45) is 0. The molecule has 2 aliphatic rings. The van der Waals surface area contributed by atoms with Crippen LogP contribution in [0.5, 0.6) is 23.0 Å². The van der Waals surface area contributed by atoms with Crippen LogP contribution in [-0.2, 0) is 9.53 Å². The number of nitrogens with one attached hydrogen (secondary N) is 1. The van der Waals surface area contributed by atoms with Crippen LogP contribution < -0.4 is 24.3 Å². The third-order valence-electron chi connectivity index (χ3n) is 4.85. The lowest BCUT2D eigenvalue weighted by atomic mass is 9.95. The Hall–Kier alpha value is -3.42. The molecule has 158 valence electrons. The molecule has 1 N–H and O–H groups in total. The summed E-state index contributed by atoms with van der Waals surface area (Å²) in [4.78, 5) is 24.7. The van der Waals surface area contributed by atoms with Gasteiger partial charge in [-0.05, 0) is 41.8 Å². The van der Waals surface area contributed by atoms with Crippen molar-refractivity contribution in [2.75, 3.05) is 26.6 Å². The Morgan fingerprint density at radius 1 is 0.933 bits per heavy atom. The molecule has 1 atom stereocenters. The van der Waals surface area contributed by atoms with Gasteiger partial charge in [-0.25, -0.2) is 4.79 Å². The maximum atomic E-state index is 12.5. The molecule has 2 aromatic carbocycles. The Kier molecular flexibility index (Phi) is 5.65. The lowest BCUT2D eigenvalue weighted by molar-refractivity contribution is -0.125. The van der Waals surface area contributed by atoms with E-state index in [0.29, 0.717) is 41.8 Å². The molecular formula is C22H23NO7. The Balaban J connectivity index is 1.37. The highest BCUT2D eigenvalue weighted by molar-refractivity contribution is 5.92. The number of benzene rings is 2. The van der Waals surface area contributed by atoms with Gasteiger partial charge in [0.25, 0.3) is 5.91 Å². The van der Waals surface area contributed by atoms with Crippen LogP contribution in [0.2, 0.25) is 0 Å². The molecule has 0 unspecified atom stereocenters. The first-order chi connectivity index (χ1) is 14.5. The van der Waals surface area contributed by atoms with Gasteiger partial charge in [0, 0.05) is 0 Å². The zero-order valence-corrected chi connectivity index (χ0v) is 16.8. The predicted octanol–water partition coefficient (Wildman–Crippen LogP) is 2.86. The van der Waals surface area contributed by atoms with Crippen molar-refractivity contribution in [3.63, 3.8) is 0 Å². The Morgan fingerprint density at radius 3 is 2.40 bits per heavy atom. The number of rotatable bonds is 6. The summed E-state index contributed by atoms with van der Waals surface area (Å²) in [7, 11) is 0. The van der Waals surface area contributed by atoms with Crippen molar-refractivity contribution < 1.29 is 33.3 Å². The molecule has 0 saturated carbocycles. The summed E-state index contributed by atoms with van der Waals surface area (Å²) in [5.41, 5.74) is 1.18. The van der Waals surface area contributed by atoms with E-state index in [1.807, 2.05) is 32.0 Å². The van der Waals surface area contributed by atoms with Gasteiger partial charge in [-0.15, -0.1) is 0 Å². The summed E-state index contributed by atoms with van der Waals surface area (Å²) >= 11 is 0. The first-order valence-corrected chi connectivity index (χ1v) is 9.77. The van der Waals surface area contributed by atoms with E-state index in [4.69, 9.17) is 23.7 Å². The van der Waals surface area contributed by atoms with Crippen molar-refractivity contribution in [2.24, 2.45) is 5.92 Å².